The van der Waals surface area contributed by atoms with Gasteiger partial charge in [0.2, 0.25) is 0 Å². The van der Waals surface area contributed by atoms with Gasteiger partial charge in [-0.1, -0.05) is 29.8 Å². The van der Waals surface area contributed by atoms with Crippen LogP contribution in [0.4, 0.5) is 10.1 Å². The lowest BCUT2D eigenvalue weighted by Gasteiger charge is -2.26. The number of ether oxygens (including phenoxy) is 1. The standard InChI is InChI=1S/C28H28FN3O2S/c1-4-34-24-10-12-26-21(15-24)14-22(27(33)30-26)17-32(16-20-6-8-23(29)9-7-20)28(35)31-25-11-5-18(2)13-19(25)3/h5-15H,4,16-17H2,1-3H3,(H,30,33)(H,31,35). The van der Waals surface area contributed by atoms with E-state index in [9.17, 15) is 9.18 Å². The molecule has 0 spiro atoms. The number of aromatic nitrogens is 1. The van der Waals surface area contributed by atoms with Gasteiger partial charge in [-0.3, -0.25) is 4.79 Å². The second kappa shape index (κ2) is 10.7. The van der Waals surface area contributed by atoms with E-state index in [2.05, 4.69) is 16.4 Å². The normalized spacial score (nSPS) is 10.9. The van der Waals surface area contributed by atoms with E-state index < -0.39 is 0 Å². The first-order valence-corrected chi connectivity index (χ1v) is 11.9. The molecule has 0 atom stereocenters. The molecule has 0 bridgehead atoms. The summed E-state index contributed by atoms with van der Waals surface area (Å²) in [4.78, 5) is 17.8. The zero-order valence-electron chi connectivity index (χ0n) is 20.0. The summed E-state index contributed by atoms with van der Waals surface area (Å²) in [6.07, 6.45) is 0. The molecule has 0 amide bonds. The lowest BCUT2D eigenvalue weighted by Crippen LogP contribution is -2.35. The van der Waals surface area contributed by atoms with Gasteiger partial charge in [0.15, 0.2) is 5.11 Å². The lowest BCUT2D eigenvalue weighted by molar-refractivity contribution is 0.340. The van der Waals surface area contributed by atoms with Crippen LogP contribution < -0.4 is 15.6 Å². The van der Waals surface area contributed by atoms with Crippen molar-refractivity contribution in [2.75, 3.05) is 11.9 Å². The summed E-state index contributed by atoms with van der Waals surface area (Å²) in [5, 5.41) is 4.67. The molecule has 1 heterocycles. The van der Waals surface area contributed by atoms with E-state index in [0.717, 1.165) is 39.0 Å². The summed E-state index contributed by atoms with van der Waals surface area (Å²) in [6, 6.07) is 19.8. The number of thiocarbonyl (C=S) groups is 1. The Hall–Kier alpha value is -3.71. The first-order chi connectivity index (χ1) is 16.8. The van der Waals surface area contributed by atoms with Crippen LogP contribution >= 0.6 is 12.2 Å². The molecule has 4 rings (SSSR count). The van der Waals surface area contributed by atoms with Crippen molar-refractivity contribution < 1.29 is 9.13 Å². The van der Waals surface area contributed by atoms with E-state index in [0.29, 0.717) is 23.8 Å². The largest absolute Gasteiger partial charge is 0.494 e. The third kappa shape index (κ3) is 6.05. The number of H-pyrrole nitrogens is 1. The first-order valence-electron chi connectivity index (χ1n) is 11.5. The third-order valence-corrected chi connectivity index (χ3v) is 6.12. The van der Waals surface area contributed by atoms with E-state index in [4.69, 9.17) is 17.0 Å². The van der Waals surface area contributed by atoms with Gasteiger partial charge in [-0.05, 0) is 86.6 Å². The number of halogens is 1. The summed E-state index contributed by atoms with van der Waals surface area (Å²) < 4.78 is 19.1. The Morgan fingerprint density at radius 1 is 1.03 bits per heavy atom. The molecule has 0 aliphatic rings. The maximum Gasteiger partial charge on any atom is 0.253 e. The van der Waals surface area contributed by atoms with Crippen LogP contribution in [-0.2, 0) is 13.1 Å². The summed E-state index contributed by atoms with van der Waals surface area (Å²) in [5.41, 5.74) is 5.14. The van der Waals surface area contributed by atoms with Crippen LogP contribution in [0, 0.1) is 19.7 Å². The highest BCUT2D eigenvalue weighted by Gasteiger charge is 2.16. The average molecular weight is 490 g/mol. The van der Waals surface area contributed by atoms with Crippen molar-refractivity contribution in [3.8, 4) is 5.75 Å². The fraction of sp³-hybridized carbons (Fsp3) is 0.214. The Morgan fingerprint density at radius 3 is 2.51 bits per heavy atom. The highest BCUT2D eigenvalue weighted by molar-refractivity contribution is 7.80. The number of aryl methyl sites for hydroxylation is 2. The number of hydrogen-bond donors (Lipinski definition) is 2. The predicted octanol–water partition coefficient (Wildman–Crippen LogP) is 6.08. The number of rotatable bonds is 7. The molecule has 0 fully saturated rings. The Bertz CT molecular complexity index is 1420. The van der Waals surface area contributed by atoms with Crippen molar-refractivity contribution in [1.82, 2.24) is 9.88 Å². The molecule has 0 unspecified atom stereocenters. The fourth-order valence-corrected chi connectivity index (χ4v) is 4.21. The van der Waals surface area contributed by atoms with Crippen molar-refractivity contribution in [3.05, 3.63) is 105 Å². The zero-order chi connectivity index (χ0) is 24.9. The molecule has 7 heteroatoms. The summed E-state index contributed by atoms with van der Waals surface area (Å²) in [5.74, 6) is 0.445. The molecule has 5 nitrogen and oxygen atoms in total. The van der Waals surface area contributed by atoms with E-state index >= 15 is 0 Å². The van der Waals surface area contributed by atoms with Crippen LogP contribution in [0.15, 0.2) is 71.5 Å². The zero-order valence-corrected chi connectivity index (χ0v) is 20.8. The maximum atomic E-state index is 13.5. The number of benzene rings is 3. The van der Waals surface area contributed by atoms with Gasteiger partial charge in [-0.25, -0.2) is 4.39 Å². The van der Waals surface area contributed by atoms with Gasteiger partial charge in [0.25, 0.3) is 5.56 Å². The van der Waals surface area contributed by atoms with Crippen LogP contribution in [0.1, 0.15) is 29.2 Å². The minimum absolute atomic E-state index is 0.180. The molecule has 35 heavy (non-hydrogen) atoms. The molecule has 0 aliphatic carbocycles. The highest BCUT2D eigenvalue weighted by atomic mass is 32.1. The van der Waals surface area contributed by atoms with Crippen molar-refractivity contribution in [2.24, 2.45) is 0 Å². The quantitative estimate of drug-likeness (QED) is 0.308. The third-order valence-electron chi connectivity index (χ3n) is 5.76. The van der Waals surface area contributed by atoms with Crippen LogP contribution in [0.25, 0.3) is 10.9 Å². The van der Waals surface area contributed by atoms with Crippen molar-refractivity contribution in [1.29, 1.82) is 0 Å². The van der Waals surface area contributed by atoms with Gasteiger partial charge in [0.1, 0.15) is 11.6 Å². The second-order valence-corrected chi connectivity index (χ2v) is 8.92. The summed E-state index contributed by atoms with van der Waals surface area (Å²) >= 11 is 5.78. The number of nitrogens with zero attached hydrogens (tertiary/aromatic N) is 1. The smallest absolute Gasteiger partial charge is 0.253 e. The predicted molar refractivity (Wildman–Crippen MR) is 144 cm³/mol. The lowest BCUT2D eigenvalue weighted by atomic mass is 10.1. The Balaban J connectivity index is 1.66. The molecule has 4 aromatic rings. The molecular weight excluding hydrogens is 461 g/mol. The van der Waals surface area contributed by atoms with E-state index in [1.165, 1.54) is 12.1 Å². The van der Waals surface area contributed by atoms with Crippen molar-refractivity contribution >= 4 is 33.9 Å². The molecule has 0 saturated carbocycles. The molecule has 0 saturated heterocycles. The van der Waals surface area contributed by atoms with E-state index in [-0.39, 0.29) is 17.9 Å². The van der Waals surface area contributed by atoms with Crippen LogP contribution in [0.2, 0.25) is 0 Å². The van der Waals surface area contributed by atoms with E-state index in [1.807, 2.05) is 62.1 Å². The van der Waals surface area contributed by atoms with Gasteiger partial charge in [0, 0.05) is 28.7 Å². The van der Waals surface area contributed by atoms with Gasteiger partial charge < -0.3 is 19.9 Å². The SMILES string of the molecule is CCOc1ccc2[nH]c(=O)c(CN(Cc3ccc(F)cc3)C(=S)Nc3ccc(C)cc3C)cc2c1. The average Bonchev–Trinajstić information content (AvgIpc) is 2.82. The highest BCUT2D eigenvalue weighted by Crippen LogP contribution is 2.21. The molecule has 180 valence electrons. The Kier molecular flexibility index (Phi) is 7.46. The fourth-order valence-electron chi connectivity index (χ4n) is 3.97. The molecule has 2 N–H and O–H groups in total. The molecular formula is C28H28FN3O2S. The Morgan fingerprint density at radius 2 is 1.80 bits per heavy atom. The van der Waals surface area contributed by atoms with Crippen LogP contribution in [-0.4, -0.2) is 21.6 Å². The number of hydrogen-bond acceptors (Lipinski definition) is 3. The number of aromatic amines is 1. The molecule has 0 radical (unpaired) electrons. The van der Waals surface area contributed by atoms with Crippen LogP contribution in [0.5, 0.6) is 5.75 Å². The number of nitrogens with one attached hydrogen (secondary N) is 2. The number of anilines is 1. The van der Waals surface area contributed by atoms with Crippen LogP contribution in [0.3, 0.4) is 0 Å². The van der Waals surface area contributed by atoms with Gasteiger partial charge in [-0.15, -0.1) is 0 Å². The molecule has 3 aromatic carbocycles. The van der Waals surface area contributed by atoms with Gasteiger partial charge in [-0.2, -0.15) is 0 Å². The molecule has 1 aromatic heterocycles. The Labute approximate surface area is 209 Å². The number of fused-ring (bicyclic) bond motifs is 1. The van der Waals surface area contributed by atoms with Crippen molar-refractivity contribution in [3.63, 3.8) is 0 Å². The summed E-state index contributed by atoms with van der Waals surface area (Å²) in [7, 11) is 0. The maximum absolute atomic E-state index is 13.5. The van der Waals surface area contributed by atoms with Crippen molar-refractivity contribution in [2.45, 2.75) is 33.9 Å². The number of pyridine rings is 1. The van der Waals surface area contributed by atoms with Gasteiger partial charge in [0.05, 0.1) is 13.2 Å². The minimum atomic E-state index is -0.299. The topological polar surface area (TPSA) is 57.4 Å². The van der Waals surface area contributed by atoms with E-state index in [1.54, 1.807) is 12.1 Å². The first kappa shape index (κ1) is 24.4. The second-order valence-electron chi connectivity index (χ2n) is 8.54. The molecule has 0 aliphatic heterocycles. The summed E-state index contributed by atoms with van der Waals surface area (Å²) in [6.45, 7) is 7.24. The van der Waals surface area contributed by atoms with Gasteiger partial charge >= 0.3 is 0 Å². The monoisotopic (exact) mass is 489 g/mol. The minimum Gasteiger partial charge on any atom is -0.494 e.